The van der Waals surface area contributed by atoms with Gasteiger partial charge in [-0.05, 0) is 71.6 Å². The third-order valence-corrected chi connectivity index (χ3v) is 9.42. The lowest BCUT2D eigenvalue weighted by atomic mass is 9.97. The number of likely N-dealkylation sites (tertiary alicyclic amines) is 1. The summed E-state index contributed by atoms with van der Waals surface area (Å²) in [6.07, 6.45) is 1.75. The number of amides is 1. The first-order chi connectivity index (χ1) is 22.8. The van der Waals surface area contributed by atoms with Crippen molar-refractivity contribution in [2.45, 2.75) is 37.9 Å². The zero-order valence-electron chi connectivity index (χ0n) is 25.4. The van der Waals surface area contributed by atoms with Crippen molar-refractivity contribution in [2.24, 2.45) is 4.99 Å². The lowest BCUT2D eigenvalue weighted by Crippen LogP contribution is -2.39. The van der Waals surface area contributed by atoms with Gasteiger partial charge in [0, 0.05) is 29.1 Å². The number of aliphatic imine (C=N–C) groups is 1. The smallest absolute Gasteiger partial charge is 0.328 e. The molecule has 0 saturated carbocycles. The fraction of sp³-hybridized carbons (Fsp3) is 0.184. The van der Waals surface area contributed by atoms with Gasteiger partial charge in [0.1, 0.15) is 0 Å². The van der Waals surface area contributed by atoms with Crippen LogP contribution in [0.2, 0.25) is 15.1 Å². The minimum absolute atomic E-state index is 0.163. The van der Waals surface area contributed by atoms with Crippen LogP contribution < -0.4 is 5.32 Å². The summed E-state index contributed by atoms with van der Waals surface area (Å²) in [4.78, 5) is 33.6. The Morgan fingerprint density at radius 1 is 0.872 bits per heavy atom. The van der Waals surface area contributed by atoms with Gasteiger partial charge in [-0.15, -0.1) is 0 Å². The van der Waals surface area contributed by atoms with E-state index in [2.05, 4.69) is 10.2 Å². The summed E-state index contributed by atoms with van der Waals surface area (Å²) in [6, 6.07) is 32.3. The second kappa shape index (κ2) is 14.7. The van der Waals surface area contributed by atoms with Gasteiger partial charge in [-0.1, -0.05) is 114 Å². The van der Waals surface area contributed by atoms with E-state index in [9.17, 15) is 14.7 Å². The lowest BCUT2D eigenvalue weighted by Gasteiger charge is -2.25. The molecule has 238 valence electrons. The van der Waals surface area contributed by atoms with Gasteiger partial charge >= 0.3 is 5.97 Å². The van der Waals surface area contributed by atoms with Crippen LogP contribution in [0.25, 0.3) is 10.8 Å². The maximum atomic E-state index is 13.9. The first-order valence-electron chi connectivity index (χ1n) is 15.4. The highest BCUT2D eigenvalue weighted by Gasteiger charge is 2.31. The summed E-state index contributed by atoms with van der Waals surface area (Å²) in [6.45, 7) is 1.31. The predicted molar refractivity (Wildman–Crippen MR) is 191 cm³/mol. The molecule has 0 bridgehead atoms. The maximum Gasteiger partial charge on any atom is 0.328 e. The third-order valence-electron chi connectivity index (χ3n) is 8.44. The van der Waals surface area contributed by atoms with E-state index in [0.717, 1.165) is 34.9 Å². The Hall–Kier alpha value is -4.20. The summed E-state index contributed by atoms with van der Waals surface area (Å²) in [5.74, 6) is -1.22. The molecule has 0 spiro atoms. The summed E-state index contributed by atoms with van der Waals surface area (Å²) in [7, 11) is 0. The number of halogens is 3. The highest BCUT2D eigenvalue weighted by atomic mass is 35.5. The molecule has 1 aliphatic heterocycles. The van der Waals surface area contributed by atoms with Crippen molar-refractivity contribution in [3.05, 3.63) is 147 Å². The minimum Gasteiger partial charge on any atom is -0.480 e. The highest BCUT2D eigenvalue weighted by Crippen LogP contribution is 2.29. The number of aliphatic carboxylic acids is 1. The zero-order chi connectivity index (χ0) is 32.9. The zero-order valence-corrected chi connectivity index (χ0v) is 27.6. The average Bonchev–Trinajstić information content (AvgIpc) is 3.54. The summed E-state index contributed by atoms with van der Waals surface area (Å²) < 4.78 is 0. The number of carboxylic acid groups (broad SMARTS) is 1. The highest BCUT2D eigenvalue weighted by molar-refractivity contribution is 6.42. The predicted octanol–water partition coefficient (Wildman–Crippen LogP) is 8.94. The number of hydrogen-bond acceptors (Lipinski definition) is 4. The Morgan fingerprint density at radius 2 is 1.64 bits per heavy atom. The number of benzene rings is 5. The van der Waals surface area contributed by atoms with Gasteiger partial charge in [0.25, 0.3) is 0 Å². The van der Waals surface area contributed by atoms with E-state index >= 15 is 0 Å². The summed E-state index contributed by atoms with van der Waals surface area (Å²) in [5, 5.41) is 17.0. The minimum atomic E-state index is -1.10. The van der Waals surface area contributed by atoms with Crippen molar-refractivity contribution in [1.29, 1.82) is 0 Å². The van der Waals surface area contributed by atoms with Crippen molar-refractivity contribution in [3.63, 3.8) is 0 Å². The molecule has 0 radical (unpaired) electrons. The van der Waals surface area contributed by atoms with Crippen LogP contribution in [0, 0.1) is 0 Å². The quantitative estimate of drug-likeness (QED) is 0.144. The van der Waals surface area contributed by atoms with Crippen molar-refractivity contribution in [2.75, 3.05) is 11.9 Å². The van der Waals surface area contributed by atoms with E-state index in [1.54, 1.807) is 24.3 Å². The second-order valence-corrected chi connectivity index (χ2v) is 12.8. The number of fused-ring (bicyclic) bond motifs is 1. The first kappa shape index (κ1) is 32.7. The molecule has 1 amide bonds. The number of hydrogen-bond donors (Lipinski definition) is 2. The molecule has 1 heterocycles. The van der Waals surface area contributed by atoms with Crippen molar-refractivity contribution >= 4 is 68.9 Å². The largest absolute Gasteiger partial charge is 0.480 e. The Bertz CT molecular complexity index is 1960. The molecule has 5 aromatic rings. The normalized spacial score (nSPS) is 15.9. The number of carbonyl (C=O) groups excluding carboxylic acids is 1. The van der Waals surface area contributed by atoms with Crippen LogP contribution in [0.4, 0.5) is 5.69 Å². The fourth-order valence-corrected chi connectivity index (χ4v) is 6.63. The number of rotatable bonds is 10. The molecule has 6 rings (SSSR count). The van der Waals surface area contributed by atoms with Crippen LogP contribution in [0.15, 0.2) is 114 Å². The van der Waals surface area contributed by atoms with Crippen molar-refractivity contribution in [3.8, 4) is 0 Å². The topological polar surface area (TPSA) is 82.0 Å². The first-order valence-corrected chi connectivity index (χ1v) is 16.5. The van der Waals surface area contributed by atoms with Crippen molar-refractivity contribution in [1.82, 2.24) is 4.90 Å². The van der Waals surface area contributed by atoms with Gasteiger partial charge in [-0.3, -0.25) is 14.7 Å². The fourth-order valence-electron chi connectivity index (χ4n) is 6.14. The van der Waals surface area contributed by atoms with Gasteiger partial charge in [0.05, 0.1) is 27.5 Å². The van der Waals surface area contributed by atoms with E-state index in [1.807, 2.05) is 84.9 Å². The van der Waals surface area contributed by atoms with Crippen LogP contribution in [0.5, 0.6) is 0 Å². The second-order valence-electron chi connectivity index (χ2n) is 11.6. The monoisotopic (exact) mass is 683 g/mol. The summed E-state index contributed by atoms with van der Waals surface area (Å²) >= 11 is 18.9. The van der Waals surface area contributed by atoms with Crippen LogP contribution in [-0.4, -0.2) is 46.2 Å². The lowest BCUT2D eigenvalue weighted by molar-refractivity contribution is -0.138. The van der Waals surface area contributed by atoms with E-state index in [1.165, 1.54) is 0 Å². The molecule has 2 N–H and O–H groups in total. The molecule has 0 unspecified atom stereocenters. The molecule has 1 aliphatic rings. The molecule has 1 saturated heterocycles. The molecular formula is C38H32Cl3N3O3. The SMILES string of the molecule is O=C(O)[C@H](Cc1cccc2ccccc12)N=C(c1ccccc1)c1cc(Cl)ccc1NC(=O)[C@@H]1CCCN1Cc1ccc(Cl)c(Cl)c1. The third kappa shape index (κ3) is 7.69. The van der Waals surface area contributed by atoms with Crippen LogP contribution >= 0.6 is 34.8 Å². The summed E-state index contributed by atoms with van der Waals surface area (Å²) in [5.41, 5.74) is 4.02. The van der Waals surface area contributed by atoms with Gasteiger partial charge in [0.15, 0.2) is 6.04 Å². The Balaban J connectivity index is 1.34. The van der Waals surface area contributed by atoms with Crippen LogP contribution in [-0.2, 0) is 22.6 Å². The van der Waals surface area contributed by atoms with Crippen molar-refractivity contribution < 1.29 is 14.7 Å². The number of carbonyl (C=O) groups is 2. The van der Waals surface area contributed by atoms with Gasteiger partial charge in [-0.25, -0.2) is 4.79 Å². The van der Waals surface area contributed by atoms with E-state index in [4.69, 9.17) is 39.8 Å². The Labute approximate surface area is 288 Å². The number of nitrogens with one attached hydrogen (secondary N) is 1. The van der Waals surface area contributed by atoms with E-state index in [0.29, 0.717) is 50.6 Å². The molecular weight excluding hydrogens is 653 g/mol. The average molecular weight is 685 g/mol. The van der Waals surface area contributed by atoms with Crippen LogP contribution in [0.1, 0.15) is 35.1 Å². The molecule has 5 aromatic carbocycles. The molecule has 6 nitrogen and oxygen atoms in total. The van der Waals surface area contributed by atoms with Crippen LogP contribution in [0.3, 0.4) is 0 Å². The molecule has 1 fully saturated rings. The van der Waals surface area contributed by atoms with E-state index in [-0.39, 0.29) is 18.4 Å². The number of nitrogens with zero attached hydrogens (tertiary/aromatic N) is 2. The molecule has 47 heavy (non-hydrogen) atoms. The van der Waals surface area contributed by atoms with Gasteiger partial charge in [0.2, 0.25) is 5.91 Å². The molecule has 0 aliphatic carbocycles. The van der Waals surface area contributed by atoms with Gasteiger partial charge in [-0.2, -0.15) is 0 Å². The number of carboxylic acids is 1. The molecule has 2 atom stereocenters. The maximum absolute atomic E-state index is 13.9. The molecule has 9 heteroatoms. The Kier molecular flexibility index (Phi) is 10.2. The standard InChI is InChI=1S/C38H32Cl3N3O3/c39-28-16-18-33(43-37(45)35-14-7-19-44(35)23-24-15-17-31(40)32(41)20-24)30(22-28)36(26-9-2-1-3-10-26)42-34(38(46)47)21-27-12-6-11-25-8-4-5-13-29(25)27/h1-6,8-13,15-18,20,22,34-35H,7,14,19,21,23H2,(H,43,45)(H,46,47)/t34-,35-/m0/s1. The number of anilines is 1. The van der Waals surface area contributed by atoms with Gasteiger partial charge < -0.3 is 10.4 Å². The molecule has 0 aromatic heterocycles. The Morgan fingerprint density at radius 3 is 2.43 bits per heavy atom. The van der Waals surface area contributed by atoms with E-state index < -0.39 is 12.0 Å².